The molecule has 1 rings (SSSR count). The first-order chi connectivity index (χ1) is 10.5. The Bertz CT molecular complexity index is 516. The number of rotatable bonds is 6. The molecular formula is C18H30N2O3. The van der Waals surface area contributed by atoms with Crippen molar-refractivity contribution in [3.8, 4) is 5.75 Å². The fourth-order valence-corrected chi connectivity index (χ4v) is 2.16. The summed E-state index contributed by atoms with van der Waals surface area (Å²) in [6.45, 7) is 12.4. The van der Waals surface area contributed by atoms with Crippen LogP contribution in [0.25, 0.3) is 0 Å². The smallest absolute Gasteiger partial charge is 0.317 e. The third kappa shape index (κ3) is 7.37. The zero-order valence-corrected chi connectivity index (χ0v) is 15.1. The van der Waals surface area contributed by atoms with Crippen LogP contribution in [-0.4, -0.2) is 40.3 Å². The molecule has 0 fully saturated rings. The van der Waals surface area contributed by atoms with Crippen molar-refractivity contribution in [3.05, 3.63) is 29.8 Å². The van der Waals surface area contributed by atoms with Crippen LogP contribution in [0.2, 0.25) is 0 Å². The van der Waals surface area contributed by atoms with E-state index in [4.69, 9.17) is 4.74 Å². The number of urea groups is 1. The minimum absolute atomic E-state index is 0.194. The Hall–Kier alpha value is -1.75. The van der Waals surface area contributed by atoms with Gasteiger partial charge in [0.05, 0.1) is 12.1 Å². The summed E-state index contributed by atoms with van der Waals surface area (Å²) in [6, 6.07) is 7.49. The molecule has 130 valence electrons. The average molecular weight is 322 g/mol. The first kappa shape index (κ1) is 19.3. The Labute approximate surface area is 139 Å². The second-order valence-corrected chi connectivity index (χ2v) is 7.31. The first-order valence-corrected chi connectivity index (χ1v) is 8.04. The van der Waals surface area contributed by atoms with Crippen LogP contribution in [0.5, 0.6) is 5.75 Å². The van der Waals surface area contributed by atoms with E-state index >= 15 is 0 Å². The minimum atomic E-state index is -0.916. The number of carbonyl (C=O) groups excluding carboxylic acids is 1. The maximum atomic E-state index is 12.3. The summed E-state index contributed by atoms with van der Waals surface area (Å²) in [4.78, 5) is 13.9. The highest BCUT2D eigenvalue weighted by molar-refractivity contribution is 5.74. The van der Waals surface area contributed by atoms with Gasteiger partial charge in [-0.1, -0.05) is 18.2 Å². The predicted molar refractivity (Wildman–Crippen MR) is 92.6 cm³/mol. The van der Waals surface area contributed by atoms with Crippen molar-refractivity contribution in [2.45, 2.75) is 59.3 Å². The van der Waals surface area contributed by atoms with E-state index < -0.39 is 5.60 Å². The lowest BCUT2D eigenvalue weighted by Crippen LogP contribution is -2.46. The number of ether oxygens (including phenoxy) is 1. The number of aliphatic hydroxyl groups is 1. The van der Waals surface area contributed by atoms with Gasteiger partial charge in [-0.15, -0.1) is 0 Å². The highest BCUT2D eigenvalue weighted by Gasteiger charge is 2.21. The van der Waals surface area contributed by atoms with Crippen molar-refractivity contribution in [3.63, 3.8) is 0 Å². The molecule has 2 N–H and O–H groups in total. The van der Waals surface area contributed by atoms with Gasteiger partial charge in [0.15, 0.2) is 0 Å². The zero-order valence-electron chi connectivity index (χ0n) is 15.1. The molecular weight excluding hydrogens is 292 g/mol. The number of nitrogens with zero attached hydrogens (tertiary/aromatic N) is 1. The van der Waals surface area contributed by atoms with Gasteiger partial charge in [0.25, 0.3) is 0 Å². The Morgan fingerprint density at radius 2 is 1.83 bits per heavy atom. The topological polar surface area (TPSA) is 61.8 Å². The third-order valence-corrected chi connectivity index (χ3v) is 3.07. The van der Waals surface area contributed by atoms with E-state index in [0.29, 0.717) is 13.1 Å². The van der Waals surface area contributed by atoms with E-state index in [2.05, 4.69) is 5.32 Å². The van der Waals surface area contributed by atoms with E-state index in [1.807, 2.05) is 52.0 Å². The molecule has 5 nitrogen and oxygen atoms in total. The summed E-state index contributed by atoms with van der Waals surface area (Å²) in [5.41, 5.74) is -0.285. The lowest BCUT2D eigenvalue weighted by atomic mass is 10.1. The monoisotopic (exact) mass is 322 g/mol. The molecule has 1 aromatic rings. The van der Waals surface area contributed by atoms with E-state index in [-0.39, 0.29) is 18.2 Å². The lowest BCUT2D eigenvalue weighted by Gasteiger charge is -2.28. The number of amides is 2. The molecule has 0 spiro atoms. The second kappa shape index (κ2) is 7.68. The fraction of sp³-hybridized carbons (Fsp3) is 0.611. The van der Waals surface area contributed by atoms with Crippen molar-refractivity contribution in [2.75, 3.05) is 13.1 Å². The van der Waals surface area contributed by atoms with E-state index in [1.54, 1.807) is 18.7 Å². The summed E-state index contributed by atoms with van der Waals surface area (Å²) in [5.74, 6) is 0.769. The summed E-state index contributed by atoms with van der Waals surface area (Å²) < 4.78 is 5.93. The molecule has 0 atom stereocenters. The molecule has 1 aromatic carbocycles. The van der Waals surface area contributed by atoms with Crippen LogP contribution in [0.15, 0.2) is 24.3 Å². The Morgan fingerprint density at radius 3 is 2.35 bits per heavy atom. The SMILES string of the molecule is CCN(CC(C)(C)O)C(=O)NCc1ccccc1OC(C)(C)C. The second-order valence-electron chi connectivity index (χ2n) is 7.31. The predicted octanol–water partition coefficient (Wildman–Crippen LogP) is 3.17. The Morgan fingerprint density at radius 1 is 1.22 bits per heavy atom. The number of hydrogen-bond acceptors (Lipinski definition) is 3. The van der Waals surface area contributed by atoms with Gasteiger partial charge in [0, 0.05) is 18.7 Å². The van der Waals surface area contributed by atoms with E-state index in [9.17, 15) is 9.90 Å². The van der Waals surface area contributed by atoms with E-state index in [0.717, 1.165) is 11.3 Å². The number of carbonyl (C=O) groups is 1. The number of hydrogen-bond donors (Lipinski definition) is 2. The van der Waals surface area contributed by atoms with Crippen LogP contribution >= 0.6 is 0 Å². The molecule has 0 unspecified atom stereocenters. The highest BCUT2D eigenvalue weighted by Crippen LogP contribution is 2.22. The molecule has 0 bridgehead atoms. The lowest BCUT2D eigenvalue weighted by molar-refractivity contribution is 0.0479. The average Bonchev–Trinajstić information content (AvgIpc) is 2.40. The maximum Gasteiger partial charge on any atom is 0.317 e. The summed E-state index contributed by atoms with van der Waals surface area (Å²) in [6.07, 6.45) is 0. The van der Waals surface area contributed by atoms with Crippen molar-refractivity contribution < 1.29 is 14.6 Å². The van der Waals surface area contributed by atoms with Crippen molar-refractivity contribution in [1.82, 2.24) is 10.2 Å². The Balaban J connectivity index is 2.72. The molecule has 0 aromatic heterocycles. The van der Waals surface area contributed by atoms with Gasteiger partial charge in [0.2, 0.25) is 0 Å². The van der Waals surface area contributed by atoms with Crippen LogP contribution in [-0.2, 0) is 6.54 Å². The van der Waals surface area contributed by atoms with E-state index in [1.165, 1.54) is 0 Å². The van der Waals surface area contributed by atoms with Crippen LogP contribution < -0.4 is 10.1 Å². The largest absolute Gasteiger partial charge is 0.488 e. The molecule has 2 amide bonds. The van der Waals surface area contributed by atoms with Crippen LogP contribution in [0.3, 0.4) is 0 Å². The van der Waals surface area contributed by atoms with Crippen molar-refractivity contribution in [1.29, 1.82) is 0 Å². The molecule has 0 aliphatic carbocycles. The summed E-state index contributed by atoms with van der Waals surface area (Å²) in [7, 11) is 0. The van der Waals surface area contributed by atoms with Crippen molar-refractivity contribution >= 4 is 6.03 Å². The minimum Gasteiger partial charge on any atom is -0.488 e. The summed E-state index contributed by atoms with van der Waals surface area (Å²) >= 11 is 0. The van der Waals surface area contributed by atoms with Gasteiger partial charge in [-0.3, -0.25) is 0 Å². The van der Waals surface area contributed by atoms with Crippen LogP contribution in [0.1, 0.15) is 47.1 Å². The standard InChI is InChI=1S/C18H30N2O3/c1-7-20(13-18(5,6)22)16(21)19-12-14-10-8-9-11-15(14)23-17(2,3)4/h8-11,22H,7,12-13H2,1-6H3,(H,19,21). The number of benzene rings is 1. The molecule has 5 heteroatoms. The normalized spacial score (nSPS) is 12.0. The number of para-hydroxylation sites is 1. The van der Waals surface area contributed by atoms with Crippen molar-refractivity contribution in [2.24, 2.45) is 0 Å². The van der Waals surface area contributed by atoms with Crippen LogP contribution in [0.4, 0.5) is 4.79 Å². The molecule has 0 radical (unpaired) electrons. The molecule has 0 saturated heterocycles. The molecule has 0 heterocycles. The van der Waals surface area contributed by atoms with Gasteiger partial charge < -0.3 is 20.1 Å². The first-order valence-electron chi connectivity index (χ1n) is 8.04. The van der Waals surface area contributed by atoms with Gasteiger partial charge in [-0.05, 0) is 47.6 Å². The molecule has 0 aliphatic heterocycles. The third-order valence-electron chi connectivity index (χ3n) is 3.07. The maximum absolute atomic E-state index is 12.3. The zero-order chi connectivity index (χ0) is 17.7. The molecule has 23 heavy (non-hydrogen) atoms. The van der Waals surface area contributed by atoms with Gasteiger partial charge in [0.1, 0.15) is 11.4 Å². The molecule has 0 aliphatic rings. The number of nitrogens with one attached hydrogen (secondary N) is 1. The highest BCUT2D eigenvalue weighted by atomic mass is 16.5. The van der Waals surface area contributed by atoms with Gasteiger partial charge in [-0.2, -0.15) is 0 Å². The fourth-order valence-electron chi connectivity index (χ4n) is 2.16. The van der Waals surface area contributed by atoms with Gasteiger partial charge >= 0.3 is 6.03 Å². The Kier molecular flexibility index (Phi) is 6.45. The van der Waals surface area contributed by atoms with Crippen LogP contribution in [0, 0.1) is 0 Å². The van der Waals surface area contributed by atoms with Gasteiger partial charge in [-0.25, -0.2) is 4.79 Å². The quantitative estimate of drug-likeness (QED) is 0.845. The number of likely N-dealkylation sites (N-methyl/N-ethyl adjacent to an activating group) is 1. The summed E-state index contributed by atoms with van der Waals surface area (Å²) in [5, 5.41) is 12.8. The molecule has 0 saturated carbocycles.